The Morgan fingerprint density at radius 3 is 2.08 bits per heavy atom. The van der Waals surface area contributed by atoms with Crippen molar-refractivity contribution in [3.8, 4) is 6.07 Å². The summed E-state index contributed by atoms with van der Waals surface area (Å²) >= 11 is 0. The minimum Gasteiger partial charge on any atom is -0.192 e. The highest BCUT2D eigenvalue weighted by molar-refractivity contribution is 5.81. The monoisotopic (exact) mass is 327 g/mol. The fourth-order valence-electron chi connectivity index (χ4n) is 3.47. The molecule has 0 heterocycles. The van der Waals surface area contributed by atoms with Gasteiger partial charge in [0.05, 0.1) is 11.6 Å². The average Bonchev–Trinajstić information content (AvgIpc) is 2.59. The largest absolute Gasteiger partial charge is 0.192 e. The second-order valence-corrected chi connectivity index (χ2v) is 8.10. The first-order chi connectivity index (χ1) is 11.7. The Kier molecular flexibility index (Phi) is 4.17. The van der Waals surface area contributed by atoms with Gasteiger partial charge in [0.15, 0.2) is 0 Å². The van der Waals surface area contributed by atoms with Gasteiger partial charge in [-0.05, 0) is 46.9 Å². The van der Waals surface area contributed by atoms with E-state index in [-0.39, 0.29) is 10.8 Å². The van der Waals surface area contributed by atoms with Crippen LogP contribution in [0.25, 0.3) is 11.6 Å². The Morgan fingerprint density at radius 1 is 0.880 bits per heavy atom. The van der Waals surface area contributed by atoms with Gasteiger partial charge in [0.2, 0.25) is 0 Å². The average molecular weight is 327 g/mol. The Bertz CT molecular complexity index is 900. The van der Waals surface area contributed by atoms with E-state index in [2.05, 4.69) is 77.1 Å². The molecule has 1 heteroatoms. The fourth-order valence-corrected chi connectivity index (χ4v) is 3.47. The second kappa shape index (κ2) is 6.05. The first-order valence-electron chi connectivity index (χ1n) is 8.77. The highest BCUT2D eigenvalue weighted by Gasteiger charge is 2.32. The van der Waals surface area contributed by atoms with Crippen molar-refractivity contribution in [2.24, 2.45) is 0 Å². The van der Waals surface area contributed by atoms with Crippen molar-refractivity contribution in [2.75, 3.05) is 0 Å². The molecule has 25 heavy (non-hydrogen) atoms. The van der Waals surface area contributed by atoms with Gasteiger partial charge >= 0.3 is 0 Å². The SMILES string of the molecule is C/C(=C/c1ccc(C#N)cc1)c1ccc2c(c1)C(C)(C)C=CC2(C)C. The van der Waals surface area contributed by atoms with Crippen LogP contribution in [0.5, 0.6) is 0 Å². The highest BCUT2D eigenvalue weighted by atomic mass is 14.4. The van der Waals surface area contributed by atoms with E-state index in [4.69, 9.17) is 5.26 Å². The highest BCUT2D eigenvalue weighted by Crippen LogP contribution is 2.42. The van der Waals surface area contributed by atoms with E-state index in [0.717, 1.165) is 5.56 Å². The molecule has 0 amide bonds. The van der Waals surface area contributed by atoms with Crippen LogP contribution in [0.4, 0.5) is 0 Å². The van der Waals surface area contributed by atoms with Crippen LogP contribution in [0.1, 0.15) is 62.4 Å². The van der Waals surface area contributed by atoms with Gasteiger partial charge in [-0.3, -0.25) is 0 Å². The normalized spacial score (nSPS) is 17.7. The number of allylic oxidation sites excluding steroid dienone is 3. The van der Waals surface area contributed by atoms with Gasteiger partial charge in [0.25, 0.3) is 0 Å². The van der Waals surface area contributed by atoms with Crippen LogP contribution < -0.4 is 0 Å². The van der Waals surface area contributed by atoms with Gasteiger partial charge in [-0.2, -0.15) is 5.26 Å². The van der Waals surface area contributed by atoms with E-state index in [0.29, 0.717) is 5.56 Å². The molecule has 0 saturated carbocycles. The van der Waals surface area contributed by atoms with Gasteiger partial charge < -0.3 is 0 Å². The molecule has 2 aromatic carbocycles. The van der Waals surface area contributed by atoms with E-state index in [1.165, 1.54) is 22.3 Å². The molecule has 3 rings (SSSR count). The van der Waals surface area contributed by atoms with Crippen LogP contribution in [0.3, 0.4) is 0 Å². The molecule has 0 saturated heterocycles. The van der Waals surface area contributed by atoms with Gasteiger partial charge in [-0.25, -0.2) is 0 Å². The second-order valence-electron chi connectivity index (χ2n) is 8.10. The summed E-state index contributed by atoms with van der Waals surface area (Å²) in [5, 5.41) is 8.92. The molecule has 0 radical (unpaired) electrons. The molecule has 0 fully saturated rings. The molecule has 0 atom stereocenters. The molecular formula is C24H25N. The third-order valence-electron chi connectivity index (χ3n) is 5.20. The Labute approximate surface area is 151 Å². The molecule has 2 aromatic rings. The minimum atomic E-state index is 0.0512. The first kappa shape index (κ1) is 17.2. The fraction of sp³-hybridized carbons (Fsp3) is 0.292. The molecule has 1 aliphatic carbocycles. The van der Waals surface area contributed by atoms with Crippen LogP contribution in [0.15, 0.2) is 54.6 Å². The third kappa shape index (κ3) is 3.30. The predicted molar refractivity (Wildman–Crippen MR) is 106 cm³/mol. The summed E-state index contributed by atoms with van der Waals surface area (Å²) in [4.78, 5) is 0. The zero-order chi connectivity index (χ0) is 18.2. The van der Waals surface area contributed by atoms with Crippen LogP contribution >= 0.6 is 0 Å². The maximum atomic E-state index is 8.92. The number of hydrogen-bond acceptors (Lipinski definition) is 1. The molecule has 0 bridgehead atoms. The van der Waals surface area contributed by atoms with Crippen LogP contribution in [0.2, 0.25) is 0 Å². The lowest BCUT2D eigenvalue weighted by Gasteiger charge is -2.37. The van der Waals surface area contributed by atoms with E-state index >= 15 is 0 Å². The maximum absolute atomic E-state index is 8.92. The lowest BCUT2D eigenvalue weighted by atomic mass is 9.67. The van der Waals surface area contributed by atoms with E-state index in [1.807, 2.05) is 24.3 Å². The van der Waals surface area contributed by atoms with Crippen LogP contribution in [-0.2, 0) is 10.8 Å². The summed E-state index contributed by atoms with van der Waals surface area (Å²) in [6, 6.07) is 16.7. The Hall–Kier alpha value is -2.59. The zero-order valence-corrected chi connectivity index (χ0v) is 15.7. The summed E-state index contributed by atoms with van der Waals surface area (Å²) < 4.78 is 0. The molecule has 0 N–H and O–H groups in total. The minimum absolute atomic E-state index is 0.0512. The van der Waals surface area contributed by atoms with Crippen molar-refractivity contribution in [3.05, 3.63) is 82.4 Å². The van der Waals surface area contributed by atoms with Gasteiger partial charge in [0.1, 0.15) is 0 Å². The molecule has 1 nitrogen and oxygen atoms in total. The lowest BCUT2D eigenvalue weighted by Crippen LogP contribution is -2.29. The number of rotatable bonds is 2. The van der Waals surface area contributed by atoms with Crippen molar-refractivity contribution < 1.29 is 0 Å². The van der Waals surface area contributed by atoms with E-state index in [9.17, 15) is 0 Å². The van der Waals surface area contributed by atoms with E-state index < -0.39 is 0 Å². The summed E-state index contributed by atoms with van der Waals surface area (Å²) in [5.74, 6) is 0. The first-order valence-corrected chi connectivity index (χ1v) is 8.77. The quantitative estimate of drug-likeness (QED) is 0.473. The molecular weight excluding hydrogens is 302 g/mol. The number of fused-ring (bicyclic) bond motifs is 1. The van der Waals surface area contributed by atoms with Crippen molar-refractivity contribution in [3.63, 3.8) is 0 Å². The number of nitrogens with zero attached hydrogens (tertiary/aromatic N) is 1. The molecule has 126 valence electrons. The number of benzene rings is 2. The van der Waals surface area contributed by atoms with Crippen molar-refractivity contribution in [1.82, 2.24) is 0 Å². The van der Waals surface area contributed by atoms with Gasteiger partial charge in [-0.1, -0.05) is 76.3 Å². The Morgan fingerprint density at radius 2 is 1.48 bits per heavy atom. The number of nitriles is 1. The maximum Gasteiger partial charge on any atom is 0.0991 e. The van der Waals surface area contributed by atoms with Crippen molar-refractivity contribution >= 4 is 11.6 Å². The molecule has 0 unspecified atom stereocenters. The van der Waals surface area contributed by atoms with Gasteiger partial charge in [-0.15, -0.1) is 0 Å². The van der Waals surface area contributed by atoms with Crippen molar-refractivity contribution in [2.45, 2.75) is 45.4 Å². The smallest absolute Gasteiger partial charge is 0.0991 e. The lowest BCUT2D eigenvalue weighted by molar-refractivity contribution is 0.563. The molecule has 0 aromatic heterocycles. The molecule has 0 aliphatic heterocycles. The summed E-state index contributed by atoms with van der Waals surface area (Å²) in [7, 11) is 0. The van der Waals surface area contributed by atoms with Gasteiger partial charge in [0, 0.05) is 10.8 Å². The third-order valence-corrected chi connectivity index (χ3v) is 5.20. The van der Waals surface area contributed by atoms with E-state index in [1.54, 1.807) is 0 Å². The summed E-state index contributed by atoms with van der Waals surface area (Å²) in [5.41, 5.74) is 7.25. The topological polar surface area (TPSA) is 23.8 Å². The van der Waals surface area contributed by atoms with Crippen LogP contribution in [0, 0.1) is 11.3 Å². The standard InChI is InChI=1S/C24H25N/c1-17(14-18-6-8-19(16-25)9-7-18)20-10-11-21-22(15-20)24(4,5)13-12-23(21,2)3/h6-15H,1-5H3/b17-14-. The molecule has 0 spiro atoms. The molecule has 1 aliphatic rings. The Balaban J connectivity index is 2.02. The number of hydrogen-bond donors (Lipinski definition) is 0. The zero-order valence-electron chi connectivity index (χ0n) is 15.7. The summed E-state index contributed by atoms with van der Waals surface area (Å²) in [6.45, 7) is 11.3. The van der Waals surface area contributed by atoms with Crippen LogP contribution in [-0.4, -0.2) is 0 Å². The van der Waals surface area contributed by atoms with Crippen molar-refractivity contribution in [1.29, 1.82) is 5.26 Å². The summed E-state index contributed by atoms with van der Waals surface area (Å²) in [6.07, 6.45) is 6.84. The predicted octanol–water partition coefficient (Wildman–Crippen LogP) is 6.24.